The van der Waals surface area contributed by atoms with Crippen LogP contribution in [0.4, 0.5) is 87.8 Å². The molecule has 0 saturated carbocycles. The van der Waals surface area contributed by atoms with E-state index < -0.39 is 144 Å². The van der Waals surface area contributed by atoms with Crippen molar-refractivity contribution >= 4 is 38.8 Å². The second-order valence-electron chi connectivity index (χ2n) is 13.2. The average Bonchev–Trinajstić information content (AvgIpc) is 3.27. The highest BCUT2D eigenvalue weighted by Gasteiger charge is 2.52. The van der Waals surface area contributed by atoms with Crippen LogP contribution in [0, 0.1) is 116 Å². The smallest absolute Gasteiger partial charge is 0.200 e. The largest absolute Gasteiger partial charge is 0.507 e. The molecule has 0 aliphatic heterocycles. The number of rotatable bonds is 6. The van der Waals surface area contributed by atoms with Crippen molar-refractivity contribution in [3.63, 3.8) is 0 Å². The molecule has 328 valence electrons. The van der Waals surface area contributed by atoms with Crippen LogP contribution in [0.2, 0.25) is 0 Å². The standard InChI is InChI=1S/C24BF20.C16H13NO/c26-5-1(6(27)14(35)21(42)13(5)34)25(2-7(28)15(36)22(43)16(37)8(2)29,3-9(30)17(38)23(44)18(39)10(3)31)4-11(32)19(40)24(45)20(41)12(4)33;18-16-8-4-7-14-9-10-17(12-15(14)16)11-13-5-2-1-3-6-13/h;1-10,12H,11H2/q-1;/p+1. The molecule has 1 heterocycles. The number of benzene rings is 6. The molecule has 0 fully saturated rings. The lowest BCUT2D eigenvalue weighted by Crippen LogP contribution is -2.81. The number of phenolic OH excluding ortho intramolecular Hbond substituents is 1. The molecule has 0 radical (unpaired) electrons. The van der Waals surface area contributed by atoms with Crippen LogP contribution in [0.1, 0.15) is 5.56 Å². The molecule has 1 N–H and O–H groups in total. The molecule has 7 aromatic rings. The summed E-state index contributed by atoms with van der Waals surface area (Å²) in [7, 11) is 0. The number of fused-ring (bicyclic) bond motifs is 1. The first-order valence-electron chi connectivity index (χ1n) is 16.9. The summed E-state index contributed by atoms with van der Waals surface area (Å²) in [6.45, 7) is 0.811. The van der Waals surface area contributed by atoms with Gasteiger partial charge in [0.2, 0.25) is 0 Å². The Kier molecular flexibility index (Phi) is 12.2. The lowest BCUT2D eigenvalue weighted by atomic mass is 9.12. The zero-order valence-electron chi connectivity index (χ0n) is 30.1. The van der Waals surface area contributed by atoms with E-state index in [4.69, 9.17) is 0 Å². The predicted octanol–water partition coefficient (Wildman–Crippen LogP) is 8.73. The molecule has 0 aliphatic carbocycles. The molecule has 6 aromatic carbocycles. The molecule has 23 heteroatoms. The van der Waals surface area contributed by atoms with Crippen molar-refractivity contribution in [2.24, 2.45) is 0 Å². The molecular weight excluding hydrogens is 901 g/mol. The Morgan fingerprint density at radius 1 is 0.349 bits per heavy atom. The molecule has 0 spiro atoms. The monoisotopic (exact) mass is 915 g/mol. The molecule has 1 aromatic heterocycles. The van der Waals surface area contributed by atoms with E-state index in [-0.39, 0.29) is 0 Å². The van der Waals surface area contributed by atoms with Crippen LogP contribution >= 0.6 is 0 Å². The second-order valence-corrected chi connectivity index (χ2v) is 13.2. The van der Waals surface area contributed by atoms with E-state index in [0.717, 1.165) is 17.3 Å². The molecule has 0 saturated heterocycles. The lowest BCUT2D eigenvalue weighted by molar-refractivity contribution is -0.687. The first-order chi connectivity index (χ1) is 29.5. The number of halogens is 20. The Labute approximate surface area is 337 Å². The topological polar surface area (TPSA) is 24.1 Å². The number of phenols is 1. The van der Waals surface area contributed by atoms with Crippen LogP contribution in [0.25, 0.3) is 10.8 Å². The van der Waals surface area contributed by atoms with E-state index in [1.165, 1.54) is 5.56 Å². The van der Waals surface area contributed by atoms with Gasteiger partial charge in [0.25, 0.3) is 0 Å². The van der Waals surface area contributed by atoms with Crippen LogP contribution < -0.4 is 26.4 Å². The third-order valence-corrected chi connectivity index (χ3v) is 9.77. The van der Waals surface area contributed by atoms with E-state index in [0.29, 0.717) is 5.75 Å². The maximum absolute atomic E-state index is 15.4. The summed E-state index contributed by atoms with van der Waals surface area (Å²) in [4.78, 5) is 0. The summed E-state index contributed by atoms with van der Waals surface area (Å²) in [6, 6.07) is 17.9. The van der Waals surface area contributed by atoms with Crippen molar-refractivity contribution in [3.8, 4) is 5.75 Å². The van der Waals surface area contributed by atoms with Crippen molar-refractivity contribution in [2.45, 2.75) is 6.54 Å². The summed E-state index contributed by atoms with van der Waals surface area (Å²) in [5, 5.41) is 11.8. The summed E-state index contributed by atoms with van der Waals surface area (Å²) < 4.78 is 296. The van der Waals surface area contributed by atoms with Gasteiger partial charge in [0, 0.05) is 11.6 Å². The molecular formula is C40H14BF20NO. The molecule has 0 aliphatic rings. The summed E-state index contributed by atoms with van der Waals surface area (Å²) in [6.07, 6.45) is -3.20. The van der Waals surface area contributed by atoms with Crippen LogP contribution in [-0.4, -0.2) is 11.3 Å². The van der Waals surface area contributed by atoms with Crippen LogP contribution in [0.5, 0.6) is 5.75 Å². The van der Waals surface area contributed by atoms with E-state index >= 15 is 35.1 Å². The Hall–Kier alpha value is -6.81. The van der Waals surface area contributed by atoms with Gasteiger partial charge in [0.1, 0.15) is 58.4 Å². The SMILES string of the molecule is Fc1c(F)c(F)c([B-](c2c(F)c(F)c(F)c(F)c2F)(c2c(F)c(F)c(F)c(F)c2F)c2c(F)c(F)c(F)c(F)c2F)c(F)c1F.Oc1cccc2cc[n+](Cc3ccccc3)cc12. The van der Waals surface area contributed by atoms with Crippen LogP contribution in [0.15, 0.2) is 67.0 Å². The third kappa shape index (κ3) is 7.11. The number of aromatic hydroxyl groups is 1. The van der Waals surface area contributed by atoms with E-state index in [9.17, 15) is 57.8 Å². The van der Waals surface area contributed by atoms with Crippen molar-refractivity contribution in [3.05, 3.63) is 189 Å². The maximum Gasteiger partial charge on any atom is 0.200 e. The molecule has 0 amide bonds. The molecule has 0 atom stereocenters. The zero-order chi connectivity index (χ0) is 46.7. The number of nitrogens with zero attached hydrogens (tertiary/aromatic N) is 1. The minimum absolute atomic E-state index is 0.329. The first kappa shape index (κ1) is 45.7. The van der Waals surface area contributed by atoms with Crippen molar-refractivity contribution in [2.75, 3.05) is 0 Å². The van der Waals surface area contributed by atoms with Crippen molar-refractivity contribution < 1.29 is 97.5 Å². The Balaban J connectivity index is 0.000000302. The first-order valence-corrected chi connectivity index (χ1v) is 16.9. The fourth-order valence-corrected chi connectivity index (χ4v) is 7.01. The Bertz CT molecular complexity index is 2620. The van der Waals surface area contributed by atoms with Crippen molar-refractivity contribution in [1.82, 2.24) is 0 Å². The van der Waals surface area contributed by atoms with Gasteiger partial charge in [-0.3, -0.25) is 0 Å². The summed E-state index contributed by atoms with van der Waals surface area (Å²) in [5.74, 6) is -71.1. The summed E-state index contributed by atoms with van der Waals surface area (Å²) in [5.41, 5.74) is -13.1. The van der Waals surface area contributed by atoms with Crippen molar-refractivity contribution in [1.29, 1.82) is 0 Å². The van der Waals surface area contributed by atoms with E-state index in [2.05, 4.69) is 16.7 Å². The van der Waals surface area contributed by atoms with Gasteiger partial charge < -0.3 is 5.11 Å². The maximum atomic E-state index is 15.4. The van der Waals surface area contributed by atoms with Gasteiger partial charge >= 0.3 is 0 Å². The van der Waals surface area contributed by atoms with Gasteiger partial charge in [-0.2, -0.15) is 0 Å². The molecule has 7 rings (SSSR count). The molecule has 63 heavy (non-hydrogen) atoms. The van der Waals surface area contributed by atoms with Gasteiger partial charge in [-0.05, 0) is 11.5 Å². The Morgan fingerprint density at radius 2 is 0.651 bits per heavy atom. The normalized spacial score (nSPS) is 11.6. The summed E-state index contributed by atoms with van der Waals surface area (Å²) >= 11 is 0. The van der Waals surface area contributed by atoms with E-state index in [1.807, 2.05) is 48.8 Å². The number of aromatic nitrogens is 1. The number of hydrogen-bond donors (Lipinski definition) is 1. The van der Waals surface area contributed by atoms with E-state index in [1.54, 1.807) is 6.07 Å². The second kappa shape index (κ2) is 16.8. The van der Waals surface area contributed by atoms with Gasteiger partial charge in [0.15, 0.2) is 88.7 Å². The fraction of sp³-hybridized carbons (Fsp3) is 0.0250. The molecule has 0 unspecified atom stereocenters. The van der Waals surface area contributed by atoms with Gasteiger partial charge in [-0.1, -0.05) is 42.5 Å². The molecule has 0 bridgehead atoms. The highest BCUT2D eigenvalue weighted by molar-refractivity contribution is 7.20. The zero-order valence-corrected chi connectivity index (χ0v) is 30.1. The minimum atomic E-state index is -7.22. The number of pyridine rings is 1. The Morgan fingerprint density at radius 3 is 0.968 bits per heavy atom. The highest BCUT2D eigenvalue weighted by Crippen LogP contribution is 2.31. The van der Waals surface area contributed by atoms with Crippen LogP contribution in [0.3, 0.4) is 0 Å². The minimum Gasteiger partial charge on any atom is -0.507 e. The van der Waals surface area contributed by atoms with Gasteiger partial charge in [-0.15, -0.1) is 21.9 Å². The average molecular weight is 915 g/mol. The predicted molar refractivity (Wildman–Crippen MR) is 181 cm³/mol. The van der Waals surface area contributed by atoms with Gasteiger partial charge in [-0.25, -0.2) is 92.4 Å². The van der Waals surface area contributed by atoms with Gasteiger partial charge in [0.05, 0.1) is 5.39 Å². The quantitative estimate of drug-likeness (QED) is 0.0584. The molecule has 2 nitrogen and oxygen atoms in total. The lowest BCUT2D eigenvalue weighted by Gasteiger charge is -2.44. The fourth-order valence-electron chi connectivity index (χ4n) is 7.01. The van der Waals surface area contributed by atoms with Crippen LogP contribution in [-0.2, 0) is 6.54 Å². The third-order valence-electron chi connectivity index (χ3n) is 9.77. The number of hydrogen-bond acceptors (Lipinski definition) is 1. The highest BCUT2D eigenvalue weighted by atomic mass is 19.2.